The monoisotopic (exact) mass is 498 g/mol. The van der Waals surface area contributed by atoms with E-state index in [2.05, 4.69) is 29.4 Å². The van der Waals surface area contributed by atoms with Gasteiger partial charge in [0, 0.05) is 31.0 Å². The van der Waals surface area contributed by atoms with Crippen molar-refractivity contribution in [2.24, 2.45) is 5.92 Å². The van der Waals surface area contributed by atoms with Crippen molar-refractivity contribution >= 4 is 28.3 Å². The molecule has 1 aromatic heterocycles. The number of halogens is 3. The van der Waals surface area contributed by atoms with Crippen LogP contribution in [-0.4, -0.2) is 40.0 Å². The molecule has 0 spiro atoms. The number of alkyl halides is 3. The molecule has 1 N–H and O–H groups in total. The van der Waals surface area contributed by atoms with Gasteiger partial charge >= 0.3 is 6.18 Å². The van der Waals surface area contributed by atoms with Crippen molar-refractivity contribution in [2.75, 3.05) is 18.4 Å². The lowest BCUT2D eigenvalue weighted by Gasteiger charge is -2.27. The molecule has 0 saturated carbocycles. The number of nitrogens with one attached hydrogen (secondary N) is 1. The molecule has 188 valence electrons. The SMILES string of the molecule is CCCCC(CC)C(=O)N(CCCC)CCC(=O)Nc1nnc(-c2ccc(C(F)(F)F)cc2)s1. The van der Waals surface area contributed by atoms with E-state index in [0.717, 1.165) is 62.0 Å². The van der Waals surface area contributed by atoms with Crippen molar-refractivity contribution in [3.63, 3.8) is 0 Å². The predicted octanol–water partition coefficient (Wildman–Crippen LogP) is 6.40. The molecule has 2 rings (SSSR count). The number of anilines is 1. The molecule has 0 aliphatic heterocycles. The third-order valence-electron chi connectivity index (χ3n) is 5.58. The molecule has 0 bridgehead atoms. The Morgan fingerprint density at radius 1 is 1.03 bits per heavy atom. The number of carbonyl (C=O) groups excluding carboxylic acids is 2. The number of hydrogen-bond donors (Lipinski definition) is 1. The van der Waals surface area contributed by atoms with E-state index in [4.69, 9.17) is 0 Å². The zero-order valence-electron chi connectivity index (χ0n) is 20.0. The summed E-state index contributed by atoms with van der Waals surface area (Å²) < 4.78 is 38.2. The Balaban J connectivity index is 1.96. The first-order valence-electron chi connectivity index (χ1n) is 11.8. The van der Waals surface area contributed by atoms with E-state index in [1.54, 1.807) is 4.90 Å². The van der Waals surface area contributed by atoms with Crippen LogP contribution in [0.2, 0.25) is 0 Å². The number of nitrogens with zero attached hydrogens (tertiary/aromatic N) is 3. The summed E-state index contributed by atoms with van der Waals surface area (Å²) in [6.45, 7) is 7.15. The number of amides is 2. The lowest BCUT2D eigenvalue weighted by Crippen LogP contribution is -2.38. The Morgan fingerprint density at radius 2 is 1.71 bits per heavy atom. The Kier molecular flexibility index (Phi) is 10.9. The molecule has 1 atom stereocenters. The first kappa shape index (κ1) is 27.8. The number of hydrogen-bond acceptors (Lipinski definition) is 5. The van der Waals surface area contributed by atoms with Crippen LogP contribution in [0.5, 0.6) is 0 Å². The van der Waals surface area contributed by atoms with Crippen LogP contribution in [-0.2, 0) is 15.8 Å². The van der Waals surface area contributed by atoms with Gasteiger partial charge in [-0.25, -0.2) is 0 Å². The van der Waals surface area contributed by atoms with Gasteiger partial charge in [0.05, 0.1) is 5.56 Å². The summed E-state index contributed by atoms with van der Waals surface area (Å²) in [5.74, 6) is -0.196. The molecule has 0 radical (unpaired) electrons. The number of carbonyl (C=O) groups is 2. The number of aromatic nitrogens is 2. The quantitative estimate of drug-likeness (QED) is 0.347. The van der Waals surface area contributed by atoms with E-state index in [9.17, 15) is 22.8 Å². The van der Waals surface area contributed by atoms with Crippen molar-refractivity contribution < 1.29 is 22.8 Å². The molecular formula is C24H33F3N4O2S. The molecule has 1 heterocycles. The average Bonchev–Trinajstić information content (AvgIpc) is 3.27. The maximum absolute atomic E-state index is 13.0. The van der Waals surface area contributed by atoms with Gasteiger partial charge in [-0.2, -0.15) is 13.2 Å². The first-order valence-corrected chi connectivity index (χ1v) is 12.6. The maximum atomic E-state index is 13.0. The van der Waals surface area contributed by atoms with Crippen LogP contribution in [0.3, 0.4) is 0 Å². The van der Waals surface area contributed by atoms with E-state index in [1.165, 1.54) is 12.1 Å². The predicted molar refractivity (Wildman–Crippen MR) is 128 cm³/mol. The molecule has 0 aliphatic carbocycles. The highest BCUT2D eigenvalue weighted by molar-refractivity contribution is 7.18. The second-order valence-corrected chi connectivity index (χ2v) is 9.19. The van der Waals surface area contributed by atoms with Crippen LogP contribution in [0.15, 0.2) is 24.3 Å². The highest BCUT2D eigenvalue weighted by Crippen LogP contribution is 2.32. The minimum Gasteiger partial charge on any atom is -0.342 e. The molecular weight excluding hydrogens is 465 g/mol. The third-order valence-corrected chi connectivity index (χ3v) is 6.47. The van der Waals surface area contributed by atoms with Gasteiger partial charge in [0.25, 0.3) is 0 Å². The van der Waals surface area contributed by atoms with E-state index in [-0.39, 0.29) is 29.3 Å². The first-order chi connectivity index (χ1) is 16.2. The minimum atomic E-state index is -4.40. The third kappa shape index (κ3) is 8.38. The summed E-state index contributed by atoms with van der Waals surface area (Å²) in [6.07, 6.45) is 1.25. The topological polar surface area (TPSA) is 75.2 Å². The van der Waals surface area contributed by atoms with Gasteiger partial charge in [0.1, 0.15) is 5.01 Å². The van der Waals surface area contributed by atoms with Gasteiger partial charge in [-0.1, -0.05) is 63.5 Å². The molecule has 2 aromatic rings. The highest BCUT2D eigenvalue weighted by Gasteiger charge is 2.30. The second kappa shape index (κ2) is 13.4. The standard InChI is InChI=1S/C24H33F3N4O2S/c1-4-7-9-17(6-3)22(33)31(15-8-5-2)16-14-20(32)28-23-30-29-21(34-23)18-10-12-19(13-11-18)24(25,26)27/h10-13,17H,4-9,14-16H2,1-3H3,(H,28,30,32). The Hall–Kier alpha value is -2.49. The largest absolute Gasteiger partial charge is 0.416 e. The number of benzene rings is 1. The lowest BCUT2D eigenvalue weighted by molar-refractivity contribution is -0.138. The summed E-state index contributed by atoms with van der Waals surface area (Å²) in [5.41, 5.74) is -0.253. The molecule has 0 saturated heterocycles. The molecule has 34 heavy (non-hydrogen) atoms. The Labute approximate surface area is 203 Å². The minimum absolute atomic E-state index is 0.0191. The van der Waals surface area contributed by atoms with Crippen LogP contribution in [0.4, 0.5) is 18.3 Å². The van der Waals surface area contributed by atoms with Crippen molar-refractivity contribution in [1.29, 1.82) is 0 Å². The van der Waals surface area contributed by atoms with E-state index < -0.39 is 11.7 Å². The maximum Gasteiger partial charge on any atom is 0.416 e. The molecule has 0 fully saturated rings. The van der Waals surface area contributed by atoms with Crippen LogP contribution in [0.25, 0.3) is 10.6 Å². The smallest absolute Gasteiger partial charge is 0.342 e. The summed E-state index contributed by atoms with van der Waals surface area (Å²) in [7, 11) is 0. The summed E-state index contributed by atoms with van der Waals surface area (Å²) in [4.78, 5) is 27.3. The van der Waals surface area contributed by atoms with Crippen molar-refractivity contribution in [3.8, 4) is 10.6 Å². The fraction of sp³-hybridized carbons (Fsp3) is 0.583. The summed E-state index contributed by atoms with van der Waals surface area (Å²) >= 11 is 1.08. The molecule has 0 aliphatic rings. The van der Waals surface area contributed by atoms with Gasteiger partial charge in [-0.3, -0.25) is 9.59 Å². The number of rotatable bonds is 13. The fourth-order valence-corrected chi connectivity index (χ4v) is 4.27. The van der Waals surface area contributed by atoms with Gasteiger partial charge in [-0.05, 0) is 31.4 Å². The van der Waals surface area contributed by atoms with Crippen LogP contribution >= 0.6 is 11.3 Å². The second-order valence-electron chi connectivity index (χ2n) is 8.21. The van der Waals surface area contributed by atoms with Crippen molar-refractivity contribution in [3.05, 3.63) is 29.8 Å². The van der Waals surface area contributed by atoms with Crippen LogP contribution in [0, 0.1) is 5.92 Å². The summed E-state index contributed by atoms with van der Waals surface area (Å²) in [5, 5.41) is 11.2. The molecule has 1 aromatic carbocycles. The summed E-state index contributed by atoms with van der Waals surface area (Å²) in [6, 6.07) is 4.63. The van der Waals surface area contributed by atoms with Crippen molar-refractivity contribution in [1.82, 2.24) is 15.1 Å². The Morgan fingerprint density at radius 3 is 2.29 bits per heavy atom. The van der Waals surface area contributed by atoms with E-state index in [0.29, 0.717) is 23.7 Å². The van der Waals surface area contributed by atoms with Crippen LogP contribution < -0.4 is 5.32 Å². The van der Waals surface area contributed by atoms with Gasteiger partial charge < -0.3 is 10.2 Å². The normalized spacial score (nSPS) is 12.4. The molecule has 6 nitrogen and oxygen atoms in total. The van der Waals surface area contributed by atoms with Gasteiger partial charge in [0.2, 0.25) is 16.9 Å². The average molecular weight is 499 g/mol. The van der Waals surface area contributed by atoms with Crippen molar-refractivity contribution in [2.45, 2.75) is 71.9 Å². The van der Waals surface area contributed by atoms with Gasteiger partial charge in [0.15, 0.2) is 0 Å². The fourth-order valence-electron chi connectivity index (χ4n) is 3.50. The highest BCUT2D eigenvalue weighted by atomic mass is 32.1. The zero-order chi connectivity index (χ0) is 25.1. The molecule has 2 amide bonds. The molecule has 1 unspecified atom stereocenters. The van der Waals surface area contributed by atoms with E-state index in [1.807, 2.05) is 6.92 Å². The Bertz CT molecular complexity index is 916. The lowest BCUT2D eigenvalue weighted by atomic mass is 9.97. The van der Waals surface area contributed by atoms with Crippen LogP contribution in [0.1, 0.15) is 71.3 Å². The molecule has 10 heteroatoms. The zero-order valence-corrected chi connectivity index (χ0v) is 20.8. The van der Waals surface area contributed by atoms with Gasteiger partial charge in [-0.15, -0.1) is 10.2 Å². The number of unbranched alkanes of at least 4 members (excludes halogenated alkanes) is 2. The van der Waals surface area contributed by atoms with E-state index >= 15 is 0 Å².